The highest BCUT2D eigenvalue weighted by atomic mass is 32.1. The summed E-state index contributed by atoms with van der Waals surface area (Å²) in [5, 5.41) is 6.10. The number of hydrogen-bond acceptors (Lipinski definition) is 3. The van der Waals surface area contributed by atoms with Gasteiger partial charge in [-0.2, -0.15) is 0 Å². The van der Waals surface area contributed by atoms with Crippen LogP contribution in [-0.4, -0.2) is 12.0 Å². The number of anilines is 1. The molecule has 0 aliphatic heterocycles. The SMILES string of the molecule is CNc1nc(-c2ccc(C(C)(C)C)cc2)cs1. The molecule has 1 N–H and O–H groups in total. The molecule has 0 saturated heterocycles. The average Bonchev–Trinajstić information content (AvgIpc) is 2.76. The molecular weight excluding hydrogens is 228 g/mol. The normalized spacial score (nSPS) is 11.5. The van der Waals surface area contributed by atoms with Crippen molar-refractivity contribution in [2.45, 2.75) is 26.2 Å². The lowest BCUT2D eigenvalue weighted by molar-refractivity contribution is 0.590. The fourth-order valence-electron chi connectivity index (χ4n) is 1.66. The van der Waals surface area contributed by atoms with E-state index in [1.807, 2.05) is 7.05 Å². The van der Waals surface area contributed by atoms with Gasteiger partial charge in [0, 0.05) is 18.0 Å². The highest BCUT2D eigenvalue weighted by Crippen LogP contribution is 2.28. The Labute approximate surface area is 107 Å². The maximum Gasteiger partial charge on any atom is 0.182 e. The minimum absolute atomic E-state index is 0.205. The Balaban J connectivity index is 2.29. The number of hydrogen-bond donors (Lipinski definition) is 1. The van der Waals surface area contributed by atoms with Gasteiger partial charge in [-0.1, -0.05) is 45.0 Å². The zero-order chi connectivity index (χ0) is 12.5. The molecule has 0 atom stereocenters. The summed E-state index contributed by atoms with van der Waals surface area (Å²) in [6.45, 7) is 6.68. The average molecular weight is 246 g/mol. The van der Waals surface area contributed by atoms with Gasteiger partial charge in [-0.05, 0) is 11.0 Å². The van der Waals surface area contributed by atoms with Gasteiger partial charge in [0.1, 0.15) is 0 Å². The van der Waals surface area contributed by atoms with Crippen LogP contribution in [0.4, 0.5) is 5.13 Å². The topological polar surface area (TPSA) is 24.9 Å². The lowest BCUT2D eigenvalue weighted by atomic mass is 9.86. The van der Waals surface area contributed by atoms with Gasteiger partial charge in [-0.3, -0.25) is 0 Å². The molecule has 2 aromatic rings. The third-order valence-electron chi connectivity index (χ3n) is 2.76. The fourth-order valence-corrected chi connectivity index (χ4v) is 2.34. The molecule has 3 heteroatoms. The van der Waals surface area contributed by atoms with Gasteiger partial charge >= 0.3 is 0 Å². The van der Waals surface area contributed by atoms with Gasteiger partial charge in [-0.25, -0.2) is 4.98 Å². The van der Waals surface area contributed by atoms with Gasteiger partial charge in [0.05, 0.1) is 5.69 Å². The van der Waals surface area contributed by atoms with E-state index in [0.717, 1.165) is 10.8 Å². The summed E-state index contributed by atoms with van der Waals surface area (Å²) in [7, 11) is 1.89. The molecule has 0 amide bonds. The summed E-state index contributed by atoms with van der Waals surface area (Å²) in [6.07, 6.45) is 0. The second-order valence-corrected chi connectivity index (χ2v) is 5.97. The monoisotopic (exact) mass is 246 g/mol. The lowest BCUT2D eigenvalue weighted by Gasteiger charge is -2.18. The van der Waals surface area contributed by atoms with Crippen molar-refractivity contribution in [3.63, 3.8) is 0 Å². The van der Waals surface area contributed by atoms with Crippen LogP contribution >= 0.6 is 11.3 Å². The Morgan fingerprint density at radius 3 is 2.24 bits per heavy atom. The molecule has 1 aromatic carbocycles. The molecule has 1 aromatic heterocycles. The molecule has 1 heterocycles. The van der Waals surface area contributed by atoms with Crippen molar-refractivity contribution < 1.29 is 0 Å². The van der Waals surface area contributed by atoms with Gasteiger partial charge < -0.3 is 5.32 Å². The van der Waals surface area contributed by atoms with Crippen molar-refractivity contribution in [2.24, 2.45) is 0 Å². The largest absolute Gasteiger partial charge is 0.365 e. The molecule has 0 spiro atoms. The van der Waals surface area contributed by atoms with Gasteiger partial charge in [-0.15, -0.1) is 11.3 Å². The Morgan fingerprint density at radius 2 is 1.76 bits per heavy atom. The predicted octanol–water partition coefficient (Wildman–Crippen LogP) is 4.15. The van der Waals surface area contributed by atoms with Crippen molar-refractivity contribution in [1.29, 1.82) is 0 Å². The van der Waals surface area contributed by atoms with Crippen molar-refractivity contribution in [1.82, 2.24) is 4.98 Å². The molecule has 0 radical (unpaired) electrons. The van der Waals surface area contributed by atoms with Crippen LogP contribution < -0.4 is 5.32 Å². The van der Waals surface area contributed by atoms with Crippen LogP contribution in [0.15, 0.2) is 29.6 Å². The number of benzene rings is 1. The second-order valence-electron chi connectivity index (χ2n) is 5.12. The van der Waals surface area contributed by atoms with Gasteiger partial charge in [0.15, 0.2) is 5.13 Å². The number of thiazole rings is 1. The smallest absolute Gasteiger partial charge is 0.182 e. The van der Waals surface area contributed by atoms with Crippen LogP contribution in [0.2, 0.25) is 0 Å². The Bertz CT molecular complexity index is 492. The number of nitrogens with one attached hydrogen (secondary N) is 1. The van der Waals surface area contributed by atoms with Crippen molar-refractivity contribution >= 4 is 16.5 Å². The van der Waals surface area contributed by atoms with Crippen molar-refractivity contribution in [3.05, 3.63) is 35.2 Å². The van der Waals surface area contributed by atoms with Crippen LogP contribution in [0.3, 0.4) is 0 Å². The first-order chi connectivity index (χ1) is 8.00. The van der Waals surface area contributed by atoms with E-state index in [0.29, 0.717) is 0 Å². The fraction of sp³-hybridized carbons (Fsp3) is 0.357. The quantitative estimate of drug-likeness (QED) is 0.861. The summed E-state index contributed by atoms with van der Waals surface area (Å²) in [5.41, 5.74) is 3.78. The molecule has 17 heavy (non-hydrogen) atoms. The van der Waals surface area contributed by atoms with E-state index in [-0.39, 0.29) is 5.41 Å². The van der Waals surface area contributed by atoms with E-state index in [1.165, 1.54) is 11.1 Å². The highest BCUT2D eigenvalue weighted by molar-refractivity contribution is 7.14. The van der Waals surface area contributed by atoms with E-state index in [2.05, 4.69) is 60.7 Å². The van der Waals surface area contributed by atoms with E-state index < -0.39 is 0 Å². The molecule has 0 saturated carbocycles. The minimum Gasteiger partial charge on any atom is -0.365 e. The van der Waals surface area contributed by atoms with Crippen LogP contribution in [0.5, 0.6) is 0 Å². The highest BCUT2D eigenvalue weighted by Gasteiger charge is 2.13. The van der Waals surface area contributed by atoms with Gasteiger partial charge in [0.2, 0.25) is 0 Å². The Kier molecular flexibility index (Phi) is 3.20. The van der Waals surface area contributed by atoms with Crippen LogP contribution in [0.25, 0.3) is 11.3 Å². The first-order valence-electron chi connectivity index (χ1n) is 5.75. The first-order valence-corrected chi connectivity index (χ1v) is 6.63. The number of aromatic nitrogens is 1. The maximum absolute atomic E-state index is 4.50. The molecule has 0 fully saturated rings. The maximum atomic E-state index is 4.50. The standard InChI is InChI=1S/C14H18N2S/c1-14(2,3)11-7-5-10(6-8-11)12-9-17-13(15-4)16-12/h5-9H,1-4H3,(H,15,16). The minimum atomic E-state index is 0.205. The Hall–Kier alpha value is -1.35. The summed E-state index contributed by atoms with van der Waals surface area (Å²) in [6, 6.07) is 8.67. The summed E-state index contributed by atoms with van der Waals surface area (Å²) >= 11 is 1.63. The molecule has 90 valence electrons. The second kappa shape index (κ2) is 4.49. The summed E-state index contributed by atoms with van der Waals surface area (Å²) in [5.74, 6) is 0. The number of rotatable bonds is 2. The van der Waals surface area contributed by atoms with Crippen LogP contribution in [-0.2, 0) is 5.41 Å². The van der Waals surface area contributed by atoms with Crippen LogP contribution in [0.1, 0.15) is 26.3 Å². The van der Waals surface area contributed by atoms with E-state index in [1.54, 1.807) is 11.3 Å². The Morgan fingerprint density at radius 1 is 1.12 bits per heavy atom. The molecule has 0 unspecified atom stereocenters. The molecule has 2 nitrogen and oxygen atoms in total. The molecule has 0 bridgehead atoms. The van der Waals surface area contributed by atoms with Crippen LogP contribution in [0, 0.1) is 0 Å². The van der Waals surface area contributed by atoms with E-state index >= 15 is 0 Å². The first kappa shape index (κ1) is 12.1. The molecule has 0 aliphatic carbocycles. The molecule has 2 rings (SSSR count). The van der Waals surface area contributed by atoms with Crippen molar-refractivity contribution in [2.75, 3.05) is 12.4 Å². The zero-order valence-corrected chi connectivity index (χ0v) is 11.6. The molecular formula is C14H18N2S. The third kappa shape index (κ3) is 2.67. The van der Waals surface area contributed by atoms with E-state index in [9.17, 15) is 0 Å². The van der Waals surface area contributed by atoms with E-state index in [4.69, 9.17) is 0 Å². The molecule has 0 aliphatic rings. The van der Waals surface area contributed by atoms with Crippen molar-refractivity contribution in [3.8, 4) is 11.3 Å². The number of nitrogens with zero attached hydrogens (tertiary/aromatic N) is 1. The summed E-state index contributed by atoms with van der Waals surface area (Å²) < 4.78 is 0. The zero-order valence-electron chi connectivity index (χ0n) is 10.7. The third-order valence-corrected chi connectivity index (χ3v) is 3.62. The lowest BCUT2D eigenvalue weighted by Crippen LogP contribution is -2.10. The predicted molar refractivity (Wildman–Crippen MR) is 75.8 cm³/mol. The summed E-state index contributed by atoms with van der Waals surface area (Å²) in [4.78, 5) is 4.50. The van der Waals surface area contributed by atoms with Gasteiger partial charge in [0.25, 0.3) is 0 Å².